The monoisotopic (exact) mass is 352 g/mol. The van der Waals surface area contributed by atoms with E-state index in [2.05, 4.69) is 48.8 Å². The standard InChI is InChI=1S/C19H29BrO/c1-5-14-11-15(6-2)18(16(7-3)12-14)17(20)13-19(21-4)9-8-10-19/h11-12,17H,5-10,13H2,1-4H3. The van der Waals surface area contributed by atoms with Crippen LogP contribution >= 0.6 is 15.9 Å². The molecule has 2 heteroatoms. The maximum Gasteiger partial charge on any atom is 0.0692 e. The smallest absolute Gasteiger partial charge is 0.0692 e. The van der Waals surface area contributed by atoms with Gasteiger partial charge in [0, 0.05) is 11.9 Å². The molecule has 0 radical (unpaired) electrons. The second-order valence-electron chi connectivity index (χ2n) is 6.30. The fraction of sp³-hybridized carbons (Fsp3) is 0.684. The molecule has 1 atom stereocenters. The van der Waals surface area contributed by atoms with Crippen LogP contribution in [0, 0.1) is 0 Å². The summed E-state index contributed by atoms with van der Waals surface area (Å²) >= 11 is 3.99. The van der Waals surface area contributed by atoms with E-state index in [-0.39, 0.29) is 5.60 Å². The molecule has 1 nitrogen and oxygen atoms in total. The predicted octanol–water partition coefficient (Wildman–Crippen LogP) is 5.77. The Labute approximate surface area is 138 Å². The largest absolute Gasteiger partial charge is 0.378 e. The van der Waals surface area contributed by atoms with Crippen LogP contribution in [-0.2, 0) is 24.0 Å². The lowest BCUT2D eigenvalue weighted by molar-refractivity contribution is -0.0773. The number of ether oxygens (including phenoxy) is 1. The lowest BCUT2D eigenvalue weighted by atomic mass is 9.75. The minimum Gasteiger partial charge on any atom is -0.378 e. The van der Waals surface area contributed by atoms with Crippen molar-refractivity contribution in [3.05, 3.63) is 34.4 Å². The van der Waals surface area contributed by atoms with E-state index in [4.69, 9.17) is 4.74 Å². The van der Waals surface area contributed by atoms with Gasteiger partial charge in [0.05, 0.1) is 5.60 Å². The number of benzene rings is 1. The molecule has 0 heterocycles. The topological polar surface area (TPSA) is 9.23 Å². The number of aryl methyl sites for hydroxylation is 3. The maximum absolute atomic E-state index is 5.83. The van der Waals surface area contributed by atoms with Crippen molar-refractivity contribution in [2.24, 2.45) is 0 Å². The molecular formula is C19H29BrO. The molecule has 0 saturated heterocycles. The number of methoxy groups -OCH3 is 1. The van der Waals surface area contributed by atoms with Crippen LogP contribution in [0.1, 0.15) is 73.5 Å². The minimum absolute atomic E-state index is 0.119. The zero-order chi connectivity index (χ0) is 15.5. The molecule has 1 unspecified atom stereocenters. The Balaban J connectivity index is 2.32. The summed E-state index contributed by atoms with van der Waals surface area (Å²) < 4.78 is 5.83. The minimum atomic E-state index is 0.119. The molecule has 0 aromatic heterocycles. The Kier molecular flexibility index (Phi) is 5.90. The van der Waals surface area contributed by atoms with E-state index < -0.39 is 0 Å². The van der Waals surface area contributed by atoms with Crippen LogP contribution in [0.25, 0.3) is 0 Å². The van der Waals surface area contributed by atoms with Crippen molar-refractivity contribution in [2.75, 3.05) is 7.11 Å². The highest BCUT2D eigenvalue weighted by Gasteiger charge is 2.39. The number of alkyl halides is 1. The molecule has 0 amide bonds. The molecule has 1 aromatic rings. The molecule has 0 aliphatic heterocycles. The molecule has 118 valence electrons. The Morgan fingerprint density at radius 2 is 1.67 bits per heavy atom. The Morgan fingerprint density at radius 3 is 2.00 bits per heavy atom. The average molecular weight is 353 g/mol. The van der Waals surface area contributed by atoms with Gasteiger partial charge in [0.1, 0.15) is 0 Å². The summed E-state index contributed by atoms with van der Waals surface area (Å²) in [5.41, 5.74) is 6.14. The first-order valence-electron chi connectivity index (χ1n) is 8.42. The van der Waals surface area contributed by atoms with Gasteiger partial charge in [-0.15, -0.1) is 0 Å². The van der Waals surface area contributed by atoms with Gasteiger partial charge in [0.25, 0.3) is 0 Å². The van der Waals surface area contributed by atoms with Crippen LogP contribution in [0.3, 0.4) is 0 Å². The number of rotatable bonds is 7. The Bertz CT molecular complexity index is 446. The van der Waals surface area contributed by atoms with Crippen LogP contribution in [-0.4, -0.2) is 12.7 Å². The van der Waals surface area contributed by atoms with Gasteiger partial charge in [0.2, 0.25) is 0 Å². The summed E-state index contributed by atoms with van der Waals surface area (Å²) in [6.45, 7) is 6.79. The SMILES string of the molecule is CCc1cc(CC)c(C(Br)CC2(OC)CCC2)c(CC)c1. The molecule has 2 rings (SSSR count). The zero-order valence-electron chi connectivity index (χ0n) is 14.0. The fourth-order valence-electron chi connectivity index (χ4n) is 3.53. The van der Waals surface area contributed by atoms with Gasteiger partial charge < -0.3 is 4.74 Å². The van der Waals surface area contributed by atoms with Crippen molar-refractivity contribution < 1.29 is 4.74 Å². The van der Waals surface area contributed by atoms with Crippen molar-refractivity contribution >= 4 is 15.9 Å². The first-order valence-corrected chi connectivity index (χ1v) is 9.34. The lowest BCUT2D eigenvalue weighted by Crippen LogP contribution is -2.40. The van der Waals surface area contributed by atoms with Gasteiger partial charge in [-0.1, -0.05) is 48.8 Å². The second kappa shape index (κ2) is 7.28. The van der Waals surface area contributed by atoms with Gasteiger partial charge in [-0.25, -0.2) is 0 Å². The van der Waals surface area contributed by atoms with Gasteiger partial charge in [0.15, 0.2) is 0 Å². The average Bonchev–Trinajstić information content (AvgIpc) is 2.48. The van der Waals surface area contributed by atoms with E-state index >= 15 is 0 Å². The van der Waals surface area contributed by atoms with Crippen LogP contribution in [0.4, 0.5) is 0 Å². The van der Waals surface area contributed by atoms with Crippen LogP contribution in [0.2, 0.25) is 0 Å². The molecule has 21 heavy (non-hydrogen) atoms. The molecule has 1 aromatic carbocycles. The summed E-state index contributed by atoms with van der Waals surface area (Å²) in [6, 6.07) is 4.81. The lowest BCUT2D eigenvalue weighted by Gasteiger charge is -2.42. The summed E-state index contributed by atoms with van der Waals surface area (Å²) in [6.07, 6.45) is 8.16. The molecular weight excluding hydrogens is 324 g/mol. The van der Waals surface area contributed by atoms with Gasteiger partial charge in [-0.2, -0.15) is 0 Å². The quantitative estimate of drug-likeness (QED) is 0.566. The van der Waals surface area contributed by atoms with Crippen LogP contribution in [0.5, 0.6) is 0 Å². The van der Waals surface area contributed by atoms with Crippen LogP contribution < -0.4 is 0 Å². The first kappa shape index (κ1) is 17.0. The highest BCUT2D eigenvalue weighted by Crippen LogP contribution is 2.46. The van der Waals surface area contributed by atoms with Crippen molar-refractivity contribution in [3.8, 4) is 0 Å². The second-order valence-corrected chi connectivity index (χ2v) is 7.41. The molecule has 0 bridgehead atoms. The third-order valence-electron chi connectivity index (χ3n) is 5.14. The van der Waals surface area contributed by atoms with Gasteiger partial charge in [-0.05, 0) is 67.2 Å². The van der Waals surface area contributed by atoms with E-state index in [9.17, 15) is 0 Å². The van der Waals surface area contributed by atoms with E-state index in [0.717, 1.165) is 25.7 Å². The Hall–Kier alpha value is -0.340. The normalized spacial score (nSPS) is 18.3. The highest BCUT2D eigenvalue weighted by molar-refractivity contribution is 9.09. The van der Waals surface area contributed by atoms with Gasteiger partial charge in [-0.3, -0.25) is 0 Å². The van der Waals surface area contributed by atoms with Crippen molar-refractivity contribution in [1.29, 1.82) is 0 Å². The van der Waals surface area contributed by atoms with E-state index in [1.807, 2.05) is 7.11 Å². The molecule has 1 saturated carbocycles. The summed E-state index contributed by atoms with van der Waals surface area (Å²) in [7, 11) is 1.88. The number of hydrogen-bond acceptors (Lipinski definition) is 1. The fourth-order valence-corrected chi connectivity index (χ4v) is 4.71. The number of hydrogen-bond donors (Lipinski definition) is 0. The van der Waals surface area contributed by atoms with Crippen LogP contribution in [0.15, 0.2) is 12.1 Å². The van der Waals surface area contributed by atoms with Crippen molar-refractivity contribution in [1.82, 2.24) is 0 Å². The molecule has 0 N–H and O–H groups in total. The summed E-state index contributed by atoms with van der Waals surface area (Å²) in [5, 5.41) is 0. The molecule has 1 aliphatic carbocycles. The molecule has 0 spiro atoms. The van der Waals surface area contributed by atoms with Crippen molar-refractivity contribution in [2.45, 2.75) is 76.1 Å². The van der Waals surface area contributed by atoms with Crippen molar-refractivity contribution in [3.63, 3.8) is 0 Å². The Morgan fingerprint density at radius 1 is 1.10 bits per heavy atom. The van der Waals surface area contributed by atoms with Gasteiger partial charge >= 0.3 is 0 Å². The third-order valence-corrected chi connectivity index (χ3v) is 5.93. The molecule has 1 fully saturated rings. The maximum atomic E-state index is 5.83. The summed E-state index contributed by atoms with van der Waals surface area (Å²) in [4.78, 5) is 0.411. The summed E-state index contributed by atoms with van der Waals surface area (Å²) in [5.74, 6) is 0. The number of halogens is 1. The predicted molar refractivity (Wildman–Crippen MR) is 94.5 cm³/mol. The molecule has 1 aliphatic rings. The van der Waals surface area contributed by atoms with E-state index in [1.54, 1.807) is 0 Å². The van der Waals surface area contributed by atoms with E-state index in [1.165, 1.54) is 41.5 Å². The zero-order valence-corrected chi connectivity index (χ0v) is 15.6. The first-order chi connectivity index (χ1) is 10.1. The third kappa shape index (κ3) is 3.53. The highest BCUT2D eigenvalue weighted by atomic mass is 79.9. The van der Waals surface area contributed by atoms with E-state index in [0.29, 0.717) is 4.83 Å².